The summed E-state index contributed by atoms with van der Waals surface area (Å²) in [5.41, 5.74) is 11.3. The van der Waals surface area contributed by atoms with E-state index in [1.807, 2.05) is 12.3 Å². The van der Waals surface area contributed by atoms with Crippen LogP contribution in [0.2, 0.25) is 0 Å². The standard InChI is InChI=1S/C55H33NSe/c1-2-14-35(15-3-1)51-38-17-4-6-19-40(38)52(41-20-7-5-18-39(41)51)36-29-30-50-48(32-36)46-25-12-26-47(55(46)57-50)54-44-23-10-8-21-42(44)53(43-22-9-11-24-45(43)54)37-28-27-34-16-13-31-56-49(34)33-37/h1-33H. The molecule has 1 nitrogen and oxygen atoms in total. The number of aromatic nitrogens is 1. The third kappa shape index (κ3) is 4.98. The molecule has 2 heterocycles. The number of hydrogen-bond acceptors (Lipinski definition) is 1. The Morgan fingerprint density at radius 3 is 1.40 bits per heavy atom. The third-order valence-electron chi connectivity index (χ3n) is 11.9. The van der Waals surface area contributed by atoms with Gasteiger partial charge in [-0.1, -0.05) is 0 Å². The Hall–Kier alpha value is -6.83. The molecule has 0 unspecified atom stereocenters. The zero-order valence-corrected chi connectivity index (χ0v) is 32.6. The predicted molar refractivity (Wildman–Crippen MR) is 245 cm³/mol. The van der Waals surface area contributed by atoms with E-state index in [1.165, 1.54) is 107 Å². The van der Waals surface area contributed by atoms with Crippen LogP contribution in [0.5, 0.6) is 0 Å². The molecule has 264 valence electrons. The minimum atomic E-state index is 0.145. The van der Waals surface area contributed by atoms with E-state index in [0.717, 1.165) is 10.9 Å². The molecular weight excluding hydrogens is 754 g/mol. The van der Waals surface area contributed by atoms with Crippen LogP contribution in [0.4, 0.5) is 0 Å². The van der Waals surface area contributed by atoms with E-state index in [0.29, 0.717) is 0 Å². The number of fused-ring (bicyclic) bond motifs is 8. The van der Waals surface area contributed by atoms with Crippen molar-refractivity contribution in [3.63, 3.8) is 0 Å². The summed E-state index contributed by atoms with van der Waals surface area (Å²) in [5, 5.41) is 14.1. The van der Waals surface area contributed by atoms with Crippen LogP contribution in [0.25, 0.3) is 118 Å². The summed E-state index contributed by atoms with van der Waals surface area (Å²) >= 11 is 0.145. The van der Waals surface area contributed by atoms with Crippen molar-refractivity contribution in [2.24, 2.45) is 0 Å². The summed E-state index contributed by atoms with van der Waals surface area (Å²) < 4.78 is 2.90. The number of nitrogens with zero attached hydrogens (tertiary/aromatic N) is 1. The minimum absolute atomic E-state index is 0.145. The second kappa shape index (κ2) is 12.9. The van der Waals surface area contributed by atoms with Crippen LogP contribution in [0, 0.1) is 0 Å². The molecule has 0 saturated heterocycles. The van der Waals surface area contributed by atoms with Gasteiger partial charge in [0.1, 0.15) is 0 Å². The van der Waals surface area contributed by atoms with Crippen molar-refractivity contribution in [2.75, 3.05) is 0 Å². The van der Waals surface area contributed by atoms with Crippen LogP contribution in [0.15, 0.2) is 200 Å². The topological polar surface area (TPSA) is 12.9 Å². The molecule has 2 aromatic heterocycles. The monoisotopic (exact) mass is 787 g/mol. The molecule has 0 atom stereocenters. The Morgan fingerprint density at radius 1 is 0.316 bits per heavy atom. The van der Waals surface area contributed by atoms with E-state index >= 15 is 0 Å². The first-order valence-corrected chi connectivity index (χ1v) is 21.2. The summed E-state index contributed by atoms with van der Waals surface area (Å²) in [6, 6.07) is 71.9. The van der Waals surface area contributed by atoms with Crippen molar-refractivity contribution in [1.82, 2.24) is 4.98 Å². The second-order valence-corrected chi connectivity index (χ2v) is 17.2. The first kappa shape index (κ1) is 32.4. The molecule has 0 aliphatic carbocycles. The molecular formula is C55H33NSe. The van der Waals surface area contributed by atoms with Gasteiger partial charge in [-0.05, 0) is 0 Å². The van der Waals surface area contributed by atoms with Gasteiger partial charge in [0, 0.05) is 0 Å². The normalized spacial score (nSPS) is 11.9. The average molecular weight is 787 g/mol. The molecule has 0 spiro atoms. The molecule has 0 radical (unpaired) electrons. The van der Waals surface area contributed by atoms with Crippen LogP contribution in [-0.2, 0) is 0 Å². The average Bonchev–Trinajstić information content (AvgIpc) is 3.66. The molecule has 0 aliphatic heterocycles. The quantitative estimate of drug-likeness (QED) is 0.128. The summed E-state index contributed by atoms with van der Waals surface area (Å²) in [4.78, 5) is 4.73. The molecule has 0 aliphatic rings. The summed E-state index contributed by atoms with van der Waals surface area (Å²) in [6.45, 7) is 0. The molecule has 12 rings (SSSR count). The van der Waals surface area contributed by atoms with Crippen molar-refractivity contribution in [3.8, 4) is 44.5 Å². The number of benzene rings is 10. The third-order valence-corrected chi connectivity index (χ3v) is 14.4. The Kier molecular flexibility index (Phi) is 7.32. The van der Waals surface area contributed by atoms with Gasteiger partial charge in [0.25, 0.3) is 0 Å². The molecule has 0 fully saturated rings. The molecule has 2 heteroatoms. The first-order chi connectivity index (χ1) is 28.3. The van der Waals surface area contributed by atoms with Crippen LogP contribution in [0.3, 0.4) is 0 Å². The van der Waals surface area contributed by atoms with Gasteiger partial charge in [0.15, 0.2) is 0 Å². The van der Waals surface area contributed by atoms with Gasteiger partial charge in [-0.25, -0.2) is 0 Å². The van der Waals surface area contributed by atoms with Gasteiger partial charge in [-0.2, -0.15) is 0 Å². The van der Waals surface area contributed by atoms with Crippen LogP contribution in [-0.4, -0.2) is 19.5 Å². The van der Waals surface area contributed by atoms with Crippen LogP contribution in [0.1, 0.15) is 0 Å². The Labute approximate surface area is 335 Å². The molecule has 10 aromatic carbocycles. The van der Waals surface area contributed by atoms with Crippen molar-refractivity contribution < 1.29 is 0 Å². The summed E-state index contributed by atoms with van der Waals surface area (Å²) in [7, 11) is 0. The van der Waals surface area contributed by atoms with Crippen LogP contribution < -0.4 is 0 Å². The van der Waals surface area contributed by atoms with Gasteiger partial charge in [0.05, 0.1) is 0 Å². The fraction of sp³-hybridized carbons (Fsp3) is 0. The fourth-order valence-corrected chi connectivity index (χ4v) is 12.0. The van der Waals surface area contributed by atoms with Crippen LogP contribution >= 0.6 is 0 Å². The molecule has 12 aromatic rings. The number of pyridine rings is 1. The van der Waals surface area contributed by atoms with Crippen molar-refractivity contribution in [3.05, 3.63) is 200 Å². The molecule has 0 amide bonds. The zero-order valence-electron chi connectivity index (χ0n) is 30.9. The van der Waals surface area contributed by atoms with Gasteiger partial charge in [0.2, 0.25) is 0 Å². The Balaban J connectivity index is 1.10. The van der Waals surface area contributed by atoms with Gasteiger partial charge in [-0.3, -0.25) is 0 Å². The summed E-state index contributed by atoms with van der Waals surface area (Å²) in [6.07, 6.45) is 1.89. The number of hydrogen-bond donors (Lipinski definition) is 0. The van der Waals surface area contributed by atoms with Gasteiger partial charge >= 0.3 is 338 Å². The maximum atomic E-state index is 4.73. The van der Waals surface area contributed by atoms with Crippen molar-refractivity contribution in [2.45, 2.75) is 0 Å². The Morgan fingerprint density at radius 2 is 0.807 bits per heavy atom. The van der Waals surface area contributed by atoms with E-state index in [-0.39, 0.29) is 14.5 Å². The zero-order chi connectivity index (χ0) is 37.5. The summed E-state index contributed by atoms with van der Waals surface area (Å²) in [5.74, 6) is 0. The molecule has 0 N–H and O–H groups in total. The van der Waals surface area contributed by atoms with E-state index < -0.39 is 0 Å². The molecule has 57 heavy (non-hydrogen) atoms. The Bertz CT molecular complexity index is 3460. The first-order valence-electron chi connectivity index (χ1n) is 19.5. The van der Waals surface area contributed by atoms with Crippen molar-refractivity contribution in [1.29, 1.82) is 0 Å². The predicted octanol–water partition coefficient (Wildman–Crippen LogP) is 14.9. The van der Waals surface area contributed by atoms with E-state index in [1.54, 1.807) is 0 Å². The SMILES string of the molecule is c1ccc(-c2c3ccccc3c(-c3ccc4[se]c5c(-c6c7ccccc7c(-c7ccc8cccnc8c7)c7ccccc67)cccc5c4c3)c3ccccc23)cc1. The van der Waals surface area contributed by atoms with Crippen molar-refractivity contribution >= 4 is 87.8 Å². The fourth-order valence-electron chi connectivity index (χ4n) is 9.46. The van der Waals surface area contributed by atoms with E-state index in [9.17, 15) is 0 Å². The molecule has 0 bridgehead atoms. The van der Waals surface area contributed by atoms with E-state index in [2.05, 4.69) is 188 Å². The maximum absolute atomic E-state index is 4.73. The van der Waals surface area contributed by atoms with E-state index in [4.69, 9.17) is 4.98 Å². The second-order valence-electron chi connectivity index (χ2n) is 15.0. The van der Waals surface area contributed by atoms with Gasteiger partial charge < -0.3 is 0 Å². The van der Waals surface area contributed by atoms with Gasteiger partial charge in [-0.15, -0.1) is 0 Å². The number of rotatable bonds is 4. The molecule has 0 saturated carbocycles.